The maximum absolute atomic E-state index is 12.3. The molecule has 0 bridgehead atoms. The number of nitrogens with one attached hydrogen (secondary N) is 1. The van der Waals surface area contributed by atoms with Crippen molar-refractivity contribution in [3.05, 3.63) is 79.8 Å². The van der Waals surface area contributed by atoms with E-state index in [1.54, 1.807) is 30.3 Å². The van der Waals surface area contributed by atoms with E-state index >= 15 is 0 Å². The monoisotopic (exact) mass is 422 g/mol. The van der Waals surface area contributed by atoms with Crippen LogP contribution in [0.4, 0.5) is 5.69 Å². The molecule has 1 N–H and O–H groups in total. The first-order chi connectivity index (χ1) is 13.3. The maximum Gasteiger partial charge on any atom is 0.307 e. The second-order valence-electron chi connectivity index (χ2n) is 5.69. The quantitative estimate of drug-likeness (QED) is 0.309. The molecule has 0 spiro atoms. The van der Waals surface area contributed by atoms with E-state index in [0.717, 1.165) is 0 Å². The van der Waals surface area contributed by atoms with Crippen molar-refractivity contribution in [1.82, 2.24) is 5.32 Å². The first-order valence-corrected chi connectivity index (χ1v) is 8.80. The summed E-state index contributed by atoms with van der Waals surface area (Å²) in [4.78, 5) is 34.3. The van der Waals surface area contributed by atoms with Gasteiger partial charge in [-0.25, -0.2) is 0 Å². The molecule has 0 radical (unpaired) electrons. The smallest absolute Gasteiger partial charge is 0.307 e. The molecule has 146 valence electrons. The Bertz CT molecular complexity index is 913. The van der Waals surface area contributed by atoms with Crippen LogP contribution in [0, 0.1) is 10.1 Å². The van der Waals surface area contributed by atoms with Gasteiger partial charge in [0, 0.05) is 17.2 Å². The van der Waals surface area contributed by atoms with Crippen LogP contribution in [0.5, 0.6) is 0 Å². The molecule has 28 heavy (non-hydrogen) atoms. The highest BCUT2D eigenvalue weighted by molar-refractivity contribution is 6.32. The third-order valence-corrected chi connectivity index (χ3v) is 4.35. The van der Waals surface area contributed by atoms with Gasteiger partial charge in [0.2, 0.25) is 5.91 Å². The molecule has 0 aromatic heterocycles. The van der Waals surface area contributed by atoms with Gasteiger partial charge in [0.1, 0.15) is 5.02 Å². The summed E-state index contributed by atoms with van der Waals surface area (Å²) in [5.41, 5.74) is 0.856. The highest BCUT2D eigenvalue weighted by Gasteiger charge is 2.18. The van der Waals surface area contributed by atoms with Crippen LogP contribution in [0.2, 0.25) is 10.0 Å². The van der Waals surface area contributed by atoms with Crippen LogP contribution in [-0.4, -0.2) is 23.9 Å². The summed E-state index contributed by atoms with van der Waals surface area (Å²) < 4.78 is 4.67. The van der Waals surface area contributed by atoms with E-state index in [1.807, 2.05) is 0 Å². The average molecular weight is 423 g/mol. The van der Waals surface area contributed by atoms with Gasteiger partial charge in [-0.1, -0.05) is 41.4 Å². The van der Waals surface area contributed by atoms with Crippen molar-refractivity contribution in [3.8, 4) is 0 Å². The Morgan fingerprint density at radius 1 is 1.21 bits per heavy atom. The third kappa shape index (κ3) is 6.07. The standard InChI is InChI=1S/C19H16Cl2N2O5/c1-28-19(25)11-16(13-4-6-14(20)7-5-13)22-18(24)9-3-12-2-8-15(21)17(10-12)23(26)27/h2-10,16H,11H2,1H3,(H,22,24)/b9-3+. The molecule has 0 fully saturated rings. The zero-order valence-corrected chi connectivity index (χ0v) is 16.2. The maximum atomic E-state index is 12.3. The van der Waals surface area contributed by atoms with E-state index in [4.69, 9.17) is 23.2 Å². The van der Waals surface area contributed by atoms with Gasteiger partial charge in [-0.05, 0) is 35.4 Å². The lowest BCUT2D eigenvalue weighted by Gasteiger charge is -2.17. The first kappa shape index (κ1) is 21.4. The van der Waals surface area contributed by atoms with E-state index in [-0.39, 0.29) is 17.1 Å². The molecule has 1 unspecified atom stereocenters. The molecule has 0 aliphatic heterocycles. The van der Waals surface area contributed by atoms with Crippen LogP contribution in [0.1, 0.15) is 23.6 Å². The van der Waals surface area contributed by atoms with Gasteiger partial charge in [0.25, 0.3) is 5.69 Å². The zero-order chi connectivity index (χ0) is 20.7. The van der Waals surface area contributed by atoms with Crippen molar-refractivity contribution < 1.29 is 19.2 Å². The van der Waals surface area contributed by atoms with Crippen molar-refractivity contribution in [2.45, 2.75) is 12.5 Å². The fourth-order valence-electron chi connectivity index (χ4n) is 2.36. The molecule has 0 aliphatic carbocycles. The molecular formula is C19H16Cl2N2O5. The van der Waals surface area contributed by atoms with Crippen LogP contribution in [0.25, 0.3) is 6.08 Å². The summed E-state index contributed by atoms with van der Waals surface area (Å²) in [7, 11) is 1.26. The highest BCUT2D eigenvalue weighted by atomic mass is 35.5. The van der Waals surface area contributed by atoms with Gasteiger partial charge in [-0.3, -0.25) is 19.7 Å². The predicted octanol–water partition coefficient (Wildman–Crippen LogP) is 4.34. The number of halogens is 2. The lowest BCUT2D eigenvalue weighted by molar-refractivity contribution is -0.384. The van der Waals surface area contributed by atoms with E-state index in [1.165, 1.54) is 31.4 Å². The first-order valence-electron chi connectivity index (χ1n) is 8.05. The number of esters is 1. The number of methoxy groups -OCH3 is 1. The molecule has 0 saturated carbocycles. The second-order valence-corrected chi connectivity index (χ2v) is 6.54. The van der Waals surface area contributed by atoms with E-state index in [0.29, 0.717) is 16.1 Å². The molecular weight excluding hydrogens is 407 g/mol. The number of nitro groups is 1. The summed E-state index contributed by atoms with van der Waals surface area (Å²) in [6.07, 6.45) is 2.56. The zero-order valence-electron chi connectivity index (χ0n) is 14.7. The van der Waals surface area contributed by atoms with Gasteiger partial charge < -0.3 is 10.1 Å². The van der Waals surface area contributed by atoms with Crippen molar-refractivity contribution in [3.63, 3.8) is 0 Å². The van der Waals surface area contributed by atoms with Crippen LogP contribution in [0.15, 0.2) is 48.5 Å². The van der Waals surface area contributed by atoms with Gasteiger partial charge in [-0.15, -0.1) is 0 Å². The Balaban J connectivity index is 2.15. The fraction of sp³-hybridized carbons (Fsp3) is 0.158. The van der Waals surface area contributed by atoms with Crippen LogP contribution < -0.4 is 5.32 Å². The predicted molar refractivity (Wildman–Crippen MR) is 106 cm³/mol. The normalized spacial score (nSPS) is 11.8. The fourth-order valence-corrected chi connectivity index (χ4v) is 2.67. The number of nitro benzene ring substituents is 1. The third-order valence-electron chi connectivity index (χ3n) is 3.78. The van der Waals surface area contributed by atoms with Gasteiger partial charge >= 0.3 is 5.97 Å². The molecule has 1 atom stereocenters. The summed E-state index contributed by atoms with van der Waals surface area (Å²) in [5, 5.41) is 14.2. The second kappa shape index (κ2) is 9.87. The molecule has 2 rings (SSSR count). The topological polar surface area (TPSA) is 98.5 Å². The number of nitrogens with zero attached hydrogens (tertiary/aromatic N) is 1. The van der Waals surface area contributed by atoms with Gasteiger partial charge in [0.05, 0.1) is 24.5 Å². The molecule has 9 heteroatoms. The molecule has 0 aliphatic rings. The van der Waals surface area contributed by atoms with Crippen molar-refractivity contribution in [2.75, 3.05) is 7.11 Å². The number of hydrogen-bond acceptors (Lipinski definition) is 5. The largest absolute Gasteiger partial charge is 0.469 e. The Kier molecular flexibility index (Phi) is 7.54. The lowest BCUT2D eigenvalue weighted by Crippen LogP contribution is -2.29. The number of carbonyl (C=O) groups excluding carboxylic acids is 2. The molecule has 0 heterocycles. The van der Waals surface area contributed by atoms with Crippen LogP contribution in [-0.2, 0) is 14.3 Å². The van der Waals surface area contributed by atoms with Crippen LogP contribution >= 0.6 is 23.2 Å². The number of benzene rings is 2. The SMILES string of the molecule is COC(=O)CC(NC(=O)/C=C/c1ccc(Cl)c([N+](=O)[O-])c1)c1ccc(Cl)cc1. The average Bonchev–Trinajstić information content (AvgIpc) is 2.67. The number of ether oxygens (including phenoxy) is 1. The Morgan fingerprint density at radius 2 is 1.89 bits per heavy atom. The van der Waals surface area contributed by atoms with E-state index in [2.05, 4.69) is 10.1 Å². The molecule has 1 amide bonds. The molecule has 2 aromatic carbocycles. The van der Waals surface area contributed by atoms with Gasteiger partial charge in [-0.2, -0.15) is 0 Å². The lowest BCUT2D eigenvalue weighted by atomic mass is 10.0. The molecule has 0 saturated heterocycles. The highest BCUT2D eigenvalue weighted by Crippen LogP contribution is 2.25. The molecule has 2 aromatic rings. The van der Waals surface area contributed by atoms with Gasteiger partial charge in [0.15, 0.2) is 0 Å². The Morgan fingerprint density at radius 3 is 2.50 bits per heavy atom. The number of amides is 1. The summed E-state index contributed by atoms with van der Waals surface area (Å²) in [6.45, 7) is 0. The Labute approximate surface area is 171 Å². The number of rotatable bonds is 7. The number of hydrogen-bond donors (Lipinski definition) is 1. The van der Waals surface area contributed by atoms with E-state index < -0.39 is 22.8 Å². The summed E-state index contributed by atoms with van der Waals surface area (Å²) in [5.74, 6) is -0.973. The minimum atomic E-state index is -0.624. The van der Waals surface area contributed by atoms with Crippen molar-refractivity contribution in [1.29, 1.82) is 0 Å². The van der Waals surface area contributed by atoms with Crippen molar-refractivity contribution >= 4 is 46.8 Å². The minimum absolute atomic E-state index is 0.00693. The number of carbonyl (C=O) groups is 2. The van der Waals surface area contributed by atoms with E-state index in [9.17, 15) is 19.7 Å². The summed E-state index contributed by atoms with van der Waals surface area (Å²) >= 11 is 11.6. The minimum Gasteiger partial charge on any atom is -0.469 e. The van der Waals surface area contributed by atoms with Crippen molar-refractivity contribution in [2.24, 2.45) is 0 Å². The summed E-state index contributed by atoms with van der Waals surface area (Å²) in [6, 6.07) is 10.3. The Hall–Kier alpha value is -2.90. The molecule has 7 nitrogen and oxygen atoms in total. The van der Waals surface area contributed by atoms with Crippen LogP contribution in [0.3, 0.4) is 0 Å².